The van der Waals surface area contributed by atoms with E-state index in [9.17, 15) is 19.3 Å². The number of benzene rings is 1. The zero-order chi connectivity index (χ0) is 15.3. The van der Waals surface area contributed by atoms with Crippen molar-refractivity contribution in [3.05, 3.63) is 51.8 Å². The minimum absolute atomic E-state index is 0.0852. The average Bonchev–Trinajstić information content (AvgIpc) is 2.40. The van der Waals surface area contributed by atoms with E-state index in [1.807, 2.05) is 0 Å². The van der Waals surface area contributed by atoms with Crippen LogP contribution in [0.5, 0.6) is 0 Å². The van der Waals surface area contributed by atoms with Crippen LogP contribution in [0.15, 0.2) is 24.8 Å². The van der Waals surface area contributed by atoms with Crippen LogP contribution in [0.3, 0.4) is 0 Å². The first-order chi connectivity index (χ1) is 9.38. The van der Waals surface area contributed by atoms with Crippen molar-refractivity contribution in [1.29, 1.82) is 0 Å². The SMILES string of the molecule is C=CCCCN(C)C(=O)c1cc([N+](=O)[O-])cc(C)c1F. The summed E-state index contributed by atoms with van der Waals surface area (Å²) in [6.45, 7) is 5.42. The molecule has 0 unspecified atom stereocenters. The summed E-state index contributed by atoms with van der Waals surface area (Å²) >= 11 is 0. The Kier molecular flexibility index (Phi) is 5.37. The number of halogens is 1. The Balaban J connectivity index is 3.02. The van der Waals surface area contributed by atoms with E-state index in [4.69, 9.17) is 0 Å². The number of carbonyl (C=O) groups is 1. The summed E-state index contributed by atoms with van der Waals surface area (Å²) in [5.41, 5.74) is -0.466. The van der Waals surface area contributed by atoms with Gasteiger partial charge in [-0.25, -0.2) is 4.39 Å². The molecule has 0 radical (unpaired) electrons. The molecular weight excluding hydrogens is 263 g/mol. The van der Waals surface area contributed by atoms with Crippen LogP contribution in [0.25, 0.3) is 0 Å². The molecule has 1 aromatic carbocycles. The van der Waals surface area contributed by atoms with Crippen molar-refractivity contribution < 1.29 is 14.1 Å². The molecule has 0 saturated carbocycles. The van der Waals surface area contributed by atoms with Crippen molar-refractivity contribution in [2.45, 2.75) is 19.8 Å². The van der Waals surface area contributed by atoms with E-state index < -0.39 is 16.6 Å². The number of nitro groups is 1. The molecule has 0 N–H and O–H groups in total. The van der Waals surface area contributed by atoms with Crippen molar-refractivity contribution in [3.63, 3.8) is 0 Å². The van der Waals surface area contributed by atoms with Gasteiger partial charge in [0.2, 0.25) is 0 Å². The second kappa shape index (κ2) is 6.79. The number of rotatable bonds is 6. The number of amides is 1. The molecule has 108 valence electrons. The van der Waals surface area contributed by atoms with Gasteiger partial charge in [0.25, 0.3) is 11.6 Å². The van der Waals surface area contributed by atoms with Gasteiger partial charge in [-0.2, -0.15) is 0 Å². The zero-order valence-corrected chi connectivity index (χ0v) is 11.6. The highest BCUT2D eigenvalue weighted by Gasteiger charge is 2.21. The van der Waals surface area contributed by atoms with E-state index in [2.05, 4.69) is 6.58 Å². The third-order valence-corrected chi connectivity index (χ3v) is 2.93. The zero-order valence-electron chi connectivity index (χ0n) is 11.6. The third kappa shape index (κ3) is 3.63. The van der Waals surface area contributed by atoms with Crippen LogP contribution in [0.1, 0.15) is 28.8 Å². The van der Waals surface area contributed by atoms with E-state index in [-0.39, 0.29) is 16.8 Å². The summed E-state index contributed by atoms with van der Waals surface area (Å²) in [6, 6.07) is 2.10. The van der Waals surface area contributed by atoms with Crippen LogP contribution in [0.4, 0.5) is 10.1 Å². The van der Waals surface area contributed by atoms with Crippen molar-refractivity contribution in [2.24, 2.45) is 0 Å². The minimum atomic E-state index is -0.712. The van der Waals surface area contributed by atoms with Crippen LogP contribution in [-0.2, 0) is 0 Å². The van der Waals surface area contributed by atoms with Gasteiger partial charge < -0.3 is 4.90 Å². The maximum absolute atomic E-state index is 14.0. The highest BCUT2D eigenvalue weighted by atomic mass is 19.1. The molecule has 1 amide bonds. The number of allylic oxidation sites excluding steroid dienone is 1. The lowest BCUT2D eigenvalue weighted by molar-refractivity contribution is -0.385. The average molecular weight is 280 g/mol. The van der Waals surface area contributed by atoms with Crippen LogP contribution in [0.2, 0.25) is 0 Å². The fourth-order valence-electron chi connectivity index (χ4n) is 1.79. The molecule has 1 rings (SSSR count). The third-order valence-electron chi connectivity index (χ3n) is 2.93. The van der Waals surface area contributed by atoms with Gasteiger partial charge in [0.05, 0.1) is 10.5 Å². The minimum Gasteiger partial charge on any atom is -0.342 e. The summed E-state index contributed by atoms with van der Waals surface area (Å²) in [7, 11) is 1.54. The van der Waals surface area contributed by atoms with Crippen LogP contribution in [0, 0.1) is 22.9 Å². The highest BCUT2D eigenvalue weighted by Crippen LogP contribution is 2.22. The molecular formula is C14H17FN2O3. The molecule has 0 atom stereocenters. The number of hydrogen-bond acceptors (Lipinski definition) is 3. The molecule has 0 fully saturated rings. The van der Waals surface area contributed by atoms with Crippen molar-refractivity contribution in [2.75, 3.05) is 13.6 Å². The van der Waals surface area contributed by atoms with Crippen LogP contribution < -0.4 is 0 Å². The quantitative estimate of drug-likeness (QED) is 0.348. The maximum Gasteiger partial charge on any atom is 0.270 e. The second-order valence-electron chi connectivity index (χ2n) is 4.54. The number of aryl methyl sites for hydroxylation is 1. The second-order valence-corrected chi connectivity index (χ2v) is 4.54. The smallest absolute Gasteiger partial charge is 0.270 e. The summed E-state index contributed by atoms with van der Waals surface area (Å²) in [5.74, 6) is -1.27. The molecule has 0 spiro atoms. The number of unbranched alkanes of at least 4 members (excludes halogenated alkanes) is 1. The van der Waals surface area contributed by atoms with Gasteiger partial charge in [0.1, 0.15) is 5.82 Å². The largest absolute Gasteiger partial charge is 0.342 e. The normalized spacial score (nSPS) is 10.2. The summed E-state index contributed by atoms with van der Waals surface area (Å²) in [6.07, 6.45) is 3.19. The fraction of sp³-hybridized carbons (Fsp3) is 0.357. The molecule has 5 nitrogen and oxygen atoms in total. The number of nitro benzene ring substituents is 1. The van der Waals surface area contributed by atoms with Gasteiger partial charge in [0, 0.05) is 25.7 Å². The summed E-state index contributed by atoms with van der Waals surface area (Å²) in [5, 5.41) is 10.8. The van der Waals surface area contributed by atoms with Gasteiger partial charge in [-0.05, 0) is 25.3 Å². The van der Waals surface area contributed by atoms with Gasteiger partial charge >= 0.3 is 0 Å². The number of non-ortho nitro benzene ring substituents is 1. The first-order valence-electron chi connectivity index (χ1n) is 6.19. The Labute approximate surface area is 116 Å². The molecule has 1 aromatic rings. The van der Waals surface area contributed by atoms with E-state index in [0.717, 1.165) is 18.6 Å². The van der Waals surface area contributed by atoms with Gasteiger partial charge in [0.15, 0.2) is 0 Å². The van der Waals surface area contributed by atoms with Gasteiger partial charge in [-0.3, -0.25) is 14.9 Å². The van der Waals surface area contributed by atoms with Crippen molar-refractivity contribution >= 4 is 11.6 Å². The van der Waals surface area contributed by atoms with Crippen molar-refractivity contribution in [1.82, 2.24) is 4.90 Å². The summed E-state index contributed by atoms with van der Waals surface area (Å²) in [4.78, 5) is 23.6. The molecule has 20 heavy (non-hydrogen) atoms. The molecule has 0 aromatic heterocycles. The Morgan fingerprint density at radius 1 is 1.55 bits per heavy atom. The molecule has 0 aliphatic rings. The predicted octanol–water partition coefficient (Wildman–Crippen LogP) is 3.08. The Morgan fingerprint density at radius 2 is 2.20 bits per heavy atom. The monoisotopic (exact) mass is 280 g/mol. The number of hydrogen-bond donors (Lipinski definition) is 0. The first-order valence-corrected chi connectivity index (χ1v) is 6.19. The standard InChI is InChI=1S/C14H17FN2O3/c1-4-5-6-7-16(3)14(18)12-9-11(17(19)20)8-10(2)13(12)15/h4,8-9H,1,5-7H2,2-3H3. The molecule has 6 heteroatoms. The lowest BCUT2D eigenvalue weighted by atomic mass is 10.1. The van der Waals surface area contributed by atoms with E-state index in [1.54, 1.807) is 13.1 Å². The van der Waals surface area contributed by atoms with Crippen molar-refractivity contribution in [3.8, 4) is 0 Å². The molecule has 0 aliphatic carbocycles. The fourth-order valence-corrected chi connectivity index (χ4v) is 1.79. The number of nitrogens with zero attached hydrogens (tertiary/aromatic N) is 2. The van der Waals surface area contributed by atoms with Crippen LogP contribution >= 0.6 is 0 Å². The van der Waals surface area contributed by atoms with E-state index in [0.29, 0.717) is 13.0 Å². The Morgan fingerprint density at radius 3 is 2.75 bits per heavy atom. The lowest BCUT2D eigenvalue weighted by Gasteiger charge is -2.17. The van der Waals surface area contributed by atoms with Gasteiger partial charge in [-0.15, -0.1) is 6.58 Å². The van der Waals surface area contributed by atoms with E-state index in [1.165, 1.54) is 11.8 Å². The molecule has 0 aliphatic heterocycles. The molecule has 0 heterocycles. The summed E-state index contributed by atoms with van der Waals surface area (Å²) < 4.78 is 14.0. The predicted molar refractivity (Wildman–Crippen MR) is 74.2 cm³/mol. The molecule has 0 saturated heterocycles. The topological polar surface area (TPSA) is 63.5 Å². The number of carbonyl (C=O) groups excluding carboxylic acids is 1. The van der Waals surface area contributed by atoms with Crippen LogP contribution in [-0.4, -0.2) is 29.3 Å². The van der Waals surface area contributed by atoms with Gasteiger partial charge in [-0.1, -0.05) is 6.08 Å². The van der Waals surface area contributed by atoms with E-state index >= 15 is 0 Å². The lowest BCUT2D eigenvalue weighted by Crippen LogP contribution is -2.28. The maximum atomic E-state index is 14.0. The highest BCUT2D eigenvalue weighted by molar-refractivity contribution is 5.95. The first kappa shape index (κ1) is 15.8. The Bertz CT molecular complexity index is 543. The Hall–Kier alpha value is -2.24. The molecule has 0 bridgehead atoms.